The Kier molecular flexibility index (Phi) is 7.35. The number of benzene rings is 2. The van der Waals surface area contributed by atoms with Gasteiger partial charge in [-0.05, 0) is 35.2 Å². The minimum Gasteiger partial charge on any atom is -0.360 e. The molecule has 2 aliphatic heterocycles. The Balaban J connectivity index is 0.00000240. The van der Waals surface area contributed by atoms with Crippen LogP contribution in [0.1, 0.15) is 16.7 Å². The molecule has 0 aromatic heterocycles. The van der Waals surface area contributed by atoms with Crippen molar-refractivity contribution in [2.45, 2.75) is 19.5 Å². The molecule has 0 bridgehead atoms. The second kappa shape index (κ2) is 9.96. The summed E-state index contributed by atoms with van der Waals surface area (Å²) in [5, 5.41) is 6.35. The molecule has 0 atom stereocenters. The van der Waals surface area contributed by atoms with Crippen molar-refractivity contribution in [3.05, 3.63) is 65.2 Å². The summed E-state index contributed by atoms with van der Waals surface area (Å²) in [6.07, 6.45) is 1.05. The first kappa shape index (κ1) is 21.4. The van der Waals surface area contributed by atoms with Gasteiger partial charge in [0.25, 0.3) is 0 Å². The lowest BCUT2D eigenvalue weighted by molar-refractivity contribution is -0.120. The predicted octanol–water partition coefficient (Wildman–Crippen LogP) is 2.37. The second-order valence-corrected chi connectivity index (χ2v) is 7.28. The summed E-state index contributed by atoms with van der Waals surface area (Å²) in [4.78, 5) is 20.5. The maximum absolute atomic E-state index is 11.6. The standard InChI is InChI=1S/C22H27N5O.HI/c1-23-22(27-12-10-18-4-2-3-5-19(18)15-27)25-14-17-6-8-20(9-7-17)26-13-11-24-21(28)16-26;/h2-9H,10-16H2,1H3,(H,23,25)(H,24,28);1H. The van der Waals surface area contributed by atoms with Crippen LogP contribution in [-0.4, -0.2) is 50.0 Å². The number of amides is 1. The zero-order valence-electron chi connectivity index (χ0n) is 16.7. The molecule has 2 heterocycles. The first-order valence-electron chi connectivity index (χ1n) is 9.86. The van der Waals surface area contributed by atoms with E-state index in [2.05, 4.69) is 74.0 Å². The van der Waals surface area contributed by atoms with Gasteiger partial charge in [-0.3, -0.25) is 9.79 Å². The number of fused-ring (bicyclic) bond motifs is 1. The first-order valence-corrected chi connectivity index (χ1v) is 9.86. The molecule has 1 amide bonds. The van der Waals surface area contributed by atoms with Gasteiger partial charge in [-0.2, -0.15) is 0 Å². The van der Waals surface area contributed by atoms with Gasteiger partial charge in [-0.1, -0.05) is 36.4 Å². The smallest absolute Gasteiger partial charge is 0.239 e. The third-order valence-electron chi connectivity index (χ3n) is 5.43. The van der Waals surface area contributed by atoms with Gasteiger partial charge in [0.1, 0.15) is 0 Å². The highest BCUT2D eigenvalue weighted by atomic mass is 127. The average Bonchev–Trinajstić information content (AvgIpc) is 2.74. The van der Waals surface area contributed by atoms with Gasteiger partial charge in [0.2, 0.25) is 5.91 Å². The molecular formula is C22H28IN5O. The van der Waals surface area contributed by atoms with E-state index in [0.29, 0.717) is 13.1 Å². The predicted molar refractivity (Wildman–Crippen MR) is 128 cm³/mol. The molecule has 2 aromatic rings. The Hall–Kier alpha value is -2.29. The highest BCUT2D eigenvalue weighted by Crippen LogP contribution is 2.19. The van der Waals surface area contributed by atoms with E-state index in [1.54, 1.807) is 0 Å². The zero-order valence-corrected chi connectivity index (χ0v) is 19.1. The highest BCUT2D eigenvalue weighted by Gasteiger charge is 2.19. The lowest BCUT2D eigenvalue weighted by Crippen LogP contribution is -2.47. The van der Waals surface area contributed by atoms with E-state index in [9.17, 15) is 4.79 Å². The number of carbonyl (C=O) groups is 1. The summed E-state index contributed by atoms with van der Waals surface area (Å²) < 4.78 is 0. The molecule has 1 saturated heterocycles. The van der Waals surface area contributed by atoms with Crippen LogP contribution in [0, 0.1) is 0 Å². The van der Waals surface area contributed by atoms with E-state index in [1.165, 1.54) is 16.7 Å². The third-order valence-corrected chi connectivity index (χ3v) is 5.43. The van der Waals surface area contributed by atoms with Crippen molar-refractivity contribution >= 4 is 41.5 Å². The number of carbonyl (C=O) groups excluding carboxylic acids is 1. The van der Waals surface area contributed by atoms with Crippen molar-refractivity contribution < 1.29 is 4.79 Å². The van der Waals surface area contributed by atoms with Crippen LogP contribution in [0.5, 0.6) is 0 Å². The van der Waals surface area contributed by atoms with Crippen LogP contribution >= 0.6 is 24.0 Å². The number of piperazine rings is 1. The lowest BCUT2D eigenvalue weighted by Gasteiger charge is -2.31. The summed E-state index contributed by atoms with van der Waals surface area (Å²) in [6.45, 7) is 4.59. The normalized spacial score (nSPS) is 16.6. The van der Waals surface area contributed by atoms with Crippen molar-refractivity contribution in [3.8, 4) is 0 Å². The number of halogens is 1. The largest absolute Gasteiger partial charge is 0.360 e. The van der Waals surface area contributed by atoms with Gasteiger partial charge >= 0.3 is 0 Å². The minimum absolute atomic E-state index is 0. The fraction of sp³-hybridized carbons (Fsp3) is 0.364. The lowest BCUT2D eigenvalue weighted by atomic mass is 10.0. The molecule has 0 radical (unpaired) electrons. The van der Waals surface area contributed by atoms with Crippen molar-refractivity contribution in [2.75, 3.05) is 38.1 Å². The summed E-state index contributed by atoms with van der Waals surface area (Å²) in [5.74, 6) is 1.02. The zero-order chi connectivity index (χ0) is 19.3. The molecule has 4 rings (SSSR count). The van der Waals surface area contributed by atoms with Crippen molar-refractivity contribution in [3.63, 3.8) is 0 Å². The van der Waals surface area contributed by atoms with Gasteiger partial charge in [0.05, 0.1) is 6.54 Å². The fourth-order valence-corrected chi connectivity index (χ4v) is 3.87. The molecule has 0 spiro atoms. The van der Waals surface area contributed by atoms with Crippen LogP contribution in [-0.2, 0) is 24.3 Å². The van der Waals surface area contributed by atoms with Crippen LogP contribution < -0.4 is 15.5 Å². The highest BCUT2D eigenvalue weighted by molar-refractivity contribution is 14.0. The summed E-state index contributed by atoms with van der Waals surface area (Å²) in [7, 11) is 1.84. The van der Waals surface area contributed by atoms with E-state index in [4.69, 9.17) is 0 Å². The fourth-order valence-electron chi connectivity index (χ4n) is 3.87. The number of anilines is 1. The molecule has 6 nitrogen and oxygen atoms in total. The Labute approximate surface area is 189 Å². The van der Waals surface area contributed by atoms with E-state index < -0.39 is 0 Å². The molecular weight excluding hydrogens is 477 g/mol. The molecule has 0 saturated carbocycles. The Bertz CT molecular complexity index is 868. The summed E-state index contributed by atoms with van der Waals surface area (Å²) in [5.41, 5.74) is 5.11. The van der Waals surface area contributed by atoms with E-state index in [-0.39, 0.29) is 29.9 Å². The maximum Gasteiger partial charge on any atom is 0.239 e. The SMILES string of the molecule is CN=C(NCc1ccc(N2CCNC(=O)C2)cc1)N1CCc2ccccc2C1.I. The van der Waals surface area contributed by atoms with Crippen LogP contribution in [0.2, 0.25) is 0 Å². The van der Waals surface area contributed by atoms with E-state index >= 15 is 0 Å². The molecule has 0 aliphatic carbocycles. The van der Waals surface area contributed by atoms with Crippen LogP contribution in [0.15, 0.2) is 53.5 Å². The molecule has 7 heteroatoms. The first-order chi connectivity index (χ1) is 13.7. The van der Waals surface area contributed by atoms with Gasteiger partial charge < -0.3 is 20.4 Å². The van der Waals surface area contributed by atoms with Crippen LogP contribution in [0.4, 0.5) is 5.69 Å². The number of rotatable bonds is 3. The van der Waals surface area contributed by atoms with Crippen LogP contribution in [0.25, 0.3) is 0 Å². The minimum atomic E-state index is 0. The Morgan fingerprint density at radius 3 is 2.55 bits per heavy atom. The van der Waals surface area contributed by atoms with Crippen molar-refractivity contribution in [1.29, 1.82) is 0 Å². The molecule has 29 heavy (non-hydrogen) atoms. The monoisotopic (exact) mass is 505 g/mol. The van der Waals surface area contributed by atoms with Crippen molar-refractivity contribution in [2.24, 2.45) is 4.99 Å². The maximum atomic E-state index is 11.6. The molecule has 2 N–H and O–H groups in total. The Morgan fingerprint density at radius 1 is 1.07 bits per heavy atom. The number of hydrogen-bond donors (Lipinski definition) is 2. The summed E-state index contributed by atoms with van der Waals surface area (Å²) in [6, 6.07) is 17.1. The molecule has 2 aliphatic rings. The molecule has 2 aromatic carbocycles. The number of hydrogen-bond acceptors (Lipinski definition) is 3. The van der Waals surface area contributed by atoms with E-state index in [0.717, 1.165) is 44.2 Å². The molecule has 154 valence electrons. The second-order valence-electron chi connectivity index (χ2n) is 7.28. The summed E-state index contributed by atoms with van der Waals surface area (Å²) >= 11 is 0. The van der Waals surface area contributed by atoms with Gasteiger partial charge in [0, 0.05) is 45.5 Å². The van der Waals surface area contributed by atoms with Gasteiger partial charge in [-0.25, -0.2) is 0 Å². The number of aliphatic imine (C=N–C) groups is 1. The van der Waals surface area contributed by atoms with Crippen LogP contribution in [0.3, 0.4) is 0 Å². The van der Waals surface area contributed by atoms with E-state index in [1.807, 2.05) is 7.05 Å². The van der Waals surface area contributed by atoms with Gasteiger partial charge in [0.15, 0.2) is 5.96 Å². The number of nitrogens with one attached hydrogen (secondary N) is 2. The topological polar surface area (TPSA) is 60.0 Å². The van der Waals surface area contributed by atoms with Gasteiger partial charge in [-0.15, -0.1) is 24.0 Å². The number of guanidine groups is 1. The van der Waals surface area contributed by atoms with Crippen molar-refractivity contribution in [1.82, 2.24) is 15.5 Å². The average molecular weight is 505 g/mol. The number of nitrogens with zero attached hydrogens (tertiary/aromatic N) is 3. The third kappa shape index (κ3) is 5.20. The quantitative estimate of drug-likeness (QED) is 0.382. The Morgan fingerprint density at radius 2 is 1.83 bits per heavy atom. The molecule has 0 unspecified atom stereocenters. The molecule has 1 fully saturated rings.